The highest BCUT2D eigenvalue weighted by Crippen LogP contribution is 2.40. The Morgan fingerprint density at radius 2 is 2.15 bits per heavy atom. The van der Waals surface area contributed by atoms with E-state index in [0.29, 0.717) is 5.92 Å². The van der Waals surface area contributed by atoms with Crippen LogP contribution in [0.25, 0.3) is 0 Å². The van der Waals surface area contributed by atoms with Crippen LogP contribution in [-0.2, 0) is 0 Å². The van der Waals surface area contributed by atoms with Crippen molar-refractivity contribution in [3.05, 3.63) is 35.1 Å². The number of aryl methyl sites for hydroxylation is 1. The predicted octanol–water partition coefficient (Wildman–Crippen LogP) is 2.54. The largest absolute Gasteiger partial charge is 0.324 e. The number of halogens is 1. The summed E-state index contributed by atoms with van der Waals surface area (Å²) in [7, 11) is 0. The van der Waals surface area contributed by atoms with Gasteiger partial charge in [0.15, 0.2) is 0 Å². The molecule has 1 atom stereocenters. The van der Waals surface area contributed by atoms with Gasteiger partial charge >= 0.3 is 0 Å². The summed E-state index contributed by atoms with van der Waals surface area (Å²) in [6, 6.07) is 4.97. The molecule has 1 aliphatic carbocycles. The second-order valence-corrected chi connectivity index (χ2v) is 3.86. The van der Waals surface area contributed by atoms with Gasteiger partial charge in [-0.25, -0.2) is 4.39 Å². The lowest BCUT2D eigenvalue weighted by molar-refractivity contribution is 0.609. The summed E-state index contributed by atoms with van der Waals surface area (Å²) in [5.74, 6) is 0.452. The van der Waals surface area contributed by atoms with Gasteiger partial charge in [-0.1, -0.05) is 6.07 Å². The minimum absolute atomic E-state index is 0.112. The van der Waals surface area contributed by atoms with Gasteiger partial charge in [-0.05, 0) is 48.9 Å². The van der Waals surface area contributed by atoms with E-state index >= 15 is 0 Å². The second kappa shape index (κ2) is 3.11. The Morgan fingerprint density at radius 1 is 1.46 bits per heavy atom. The molecule has 0 aliphatic heterocycles. The molecule has 0 spiro atoms. The molecular formula is C11H14FN. The van der Waals surface area contributed by atoms with Crippen LogP contribution in [-0.4, -0.2) is 0 Å². The van der Waals surface area contributed by atoms with Crippen molar-refractivity contribution >= 4 is 0 Å². The molecule has 1 aromatic rings. The number of hydrogen-bond acceptors (Lipinski definition) is 1. The van der Waals surface area contributed by atoms with E-state index in [1.807, 2.05) is 13.0 Å². The smallest absolute Gasteiger partial charge is 0.123 e. The van der Waals surface area contributed by atoms with Crippen LogP contribution in [0.3, 0.4) is 0 Å². The average molecular weight is 179 g/mol. The fourth-order valence-corrected chi connectivity index (χ4v) is 1.72. The van der Waals surface area contributed by atoms with Crippen molar-refractivity contribution in [1.29, 1.82) is 0 Å². The number of benzene rings is 1. The Morgan fingerprint density at radius 3 is 2.69 bits per heavy atom. The molecular weight excluding hydrogens is 165 g/mol. The topological polar surface area (TPSA) is 26.0 Å². The lowest BCUT2D eigenvalue weighted by Gasteiger charge is -2.13. The summed E-state index contributed by atoms with van der Waals surface area (Å²) in [5, 5.41) is 0. The normalized spacial score (nSPS) is 18.7. The van der Waals surface area contributed by atoms with Crippen LogP contribution in [0.4, 0.5) is 4.39 Å². The Balaban J connectivity index is 2.28. The highest BCUT2D eigenvalue weighted by atomic mass is 19.1. The van der Waals surface area contributed by atoms with Gasteiger partial charge in [0.05, 0.1) is 0 Å². The number of hydrogen-bond donors (Lipinski definition) is 1. The van der Waals surface area contributed by atoms with Gasteiger partial charge in [-0.15, -0.1) is 0 Å². The van der Waals surface area contributed by atoms with Crippen LogP contribution in [0, 0.1) is 18.7 Å². The molecule has 2 heteroatoms. The zero-order chi connectivity index (χ0) is 9.42. The summed E-state index contributed by atoms with van der Waals surface area (Å²) in [6.07, 6.45) is 2.44. The van der Waals surface area contributed by atoms with Gasteiger partial charge in [-0.2, -0.15) is 0 Å². The Hall–Kier alpha value is -0.890. The molecule has 1 nitrogen and oxygen atoms in total. The standard InChI is InChI=1S/C11H14FN/c1-7-6-9(12)4-5-10(7)11(13)8-2-3-8/h4-6,8,11H,2-3,13H2,1H3/t11-/m0/s1. The van der Waals surface area contributed by atoms with E-state index in [2.05, 4.69) is 0 Å². The lowest BCUT2D eigenvalue weighted by Crippen LogP contribution is -2.13. The van der Waals surface area contributed by atoms with Crippen molar-refractivity contribution in [2.45, 2.75) is 25.8 Å². The van der Waals surface area contributed by atoms with E-state index in [4.69, 9.17) is 5.73 Å². The van der Waals surface area contributed by atoms with E-state index in [1.165, 1.54) is 18.9 Å². The quantitative estimate of drug-likeness (QED) is 0.741. The first-order chi connectivity index (χ1) is 6.18. The van der Waals surface area contributed by atoms with Crippen LogP contribution >= 0.6 is 0 Å². The van der Waals surface area contributed by atoms with Crippen molar-refractivity contribution in [1.82, 2.24) is 0 Å². The molecule has 0 aromatic heterocycles. The van der Waals surface area contributed by atoms with Gasteiger partial charge in [0.2, 0.25) is 0 Å². The molecule has 0 heterocycles. The van der Waals surface area contributed by atoms with Gasteiger partial charge in [0.25, 0.3) is 0 Å². The molecule has 1 saturated carbocycles. The van der Waals surface area contributed by atoms with Crippen molar-refractivity contribution in [3.8, 4) is 0 Å². The minimum Gasteiger partial charge on any atom is -0.324 e. The maximum absolute atomic E-state index is 12.8. The van der Waals surface area contributed by atoms with Gasteiger partial charge in [-0.3, -0.25) is 0 Å². The molecule has 0 radical (unpaired) electrons. The summed E-state index contributed by atoms with van der Waals surface area (Å²) in [6.45, 7) is 1.92. The van der Waals surface area contributed by atoms with Crippen LogP contribution < -0.4 is 5.73 Å². The van der Waals surface area contributed by atoms with E-state index in [1.54, 1.807) is 6.07 Å². The molecule has 0 bridgehead atoms. The molecule has 0 unspecified atom stereocenters. The maximum atomic E-state index is 12.8. The third kappa shape index (κ3) is 1.73. The summed E-state index contributed by atoms with van der Waals surface area (Å²) in [5.41, 5.74) is 8.10. The summed E-state index contributed by atoms with van der Waals surface area (Å²) >= 11 is 0. The van der Waals surface area contributed by atoms with E-state index < -0.39 is 0 Å². The Kier molecular flexibility index (Phi) is 2.08. The minimum atomic E-state index is -0.177. The molecule has 1 aliphatic rings. The van der Waals surface area contributed by atoms with Crippen molar-refractivity contribution < 1.29 is 4.39 Å². The van der Waals surface area contributed by atoms with Crippen LogP contribution in [0.1, 0.15) is 30.0 Å². The van der Waals surface area contributed by atoms with E-state index in [-0.39, 0.29) is 11.9 Å². The van der Waals surface area contributed by atoms with Crippen molar-refractivity contribution in [2.24, 2.45) is 11.7 Å². The average Bonchev–Trinajstić information content (AvgIpc) is 2.85. The molecule has 1 aromatic carbocycles. The third-order valence-electron chi connectivity index (χ3n) is 2.72. The first kappa shape index (κ1) is 8.70. The van der Waals surface area contributed by atoms with Crippen LogP contribution in [0.2, 0.25) is 0 Å². The zero-order valence-electron chi connectivity index (χ0n) is 7.76. The lowest BCUT2D eigenvalue weighted by atomic mass is 9.98. The molecule has 0 amide bonds. The van der Waals surface area contributed by atoms with E-state index in [0.717, 1.165) is 11.1 Å². The first-order valence-electron chi connectivity index (χ1n) is 4.70. The summed E-state index contributed by atoms with van der Waals surface area (Å²) < 4.78 is 12.8. The molecule has 2 rings (SSSR count). The maximum Gasteiger partial charge on any atom is 0.123 e. The SMILES string of the molecule is Cc1cc(F)ccc1[C@@H](N)C1CC1. The number of nitrogens with two attached hydrogens (primary N) is 1. The fraction of sp³-hybridized carbons (Fsp3) is 0.455. The third-order valence-corrected chi connectivity index (χ3v) is 2.72. The monoisotopic (exact) mass is 179 g/mol. The Bertz CT molecular complexity index is 318. The van der Waals surface area contributed by atoms with Gasteiger partial charge < -0.3 is 5.73 Å². The van der Waals surface area contributed by atoms with Crippen molar-refractivity contribution in [3.63, 3.8) is 0 Å². The molecule has 13 heavy (non-hydrogen) atoms. The second-order valence-electron chi connectivity index (χ2n) is 3.86. The molecule has 0 saturated heterocycles. The first-order valence-corrected chi connectivity index (χ1v) is 4.70. The highest BCUT2D eigenvalue weighted by Gasteiger charge is 2.30. The van der Waals surface area contributed by atoms with Crippen LogP contribution in [0.5, 0.6) is 0 Å². The highest BCUT2D eigenvalue weighted by molar-refractivity contribution is 5.30. The predicted molar refractivity (Wildman–Crippen MR) is 50.8 cm³/mol. The Labute approximate surface area is 77.8 Å². The number of rotatable bonds is 2. The molecule has 70 valence electrons. The van der Waals surface area contributed by atoms with Crippen LogP contribution in [0.15, 0.2) is 18.2 Å². The molecule has 2 N–H and O–H groups in total. The molecule has 1 fully saturated rings. The fourth-order valence-electron chi connectivity index (χ4n) is 1.72. The summed E-state index contributed by atoms with van der Waals surface area (Å²) in [4.78, 5) is 0. The van der Waals surface area contributed by atoms with Gasteiger partial charge in [0.1, 0.15) is 5.82 Å². The van der Waals surface area contributed by atoms with Gasteiger partial charge in [0, 0.05) is 6.04 Å². The van der Waals surface area contributed by atoms with Crippen molar-refractivity contribution in [2.75, 3.05) is 0 Å². The van der Waals surface area contributed by atoms with E-state index in [9.17, 15) is 4.39 Å². The zero-order valence-corrected chi connectivity index (χ0v) is 7.76.